The molecule has 6 rings (SSSR count). The van der Waals surface area contributed by atoms with Crippen LogP contribution in [0.15, 0.2) is 60.7 Å². The molecule has 0 aliphatic heterocycles. The van der Waals surface area contributed by atoms with Crippen molar-refractivity contribution >= 4 is 73.8 Å². The molecule has 2 unspecified atom stereocenters. The van der Waals surface area contributed by atoms with E-state index in [-0.39, 0.29) is 0 Å². The molecule has 0 saturated heterocycles. The Labute approximate surface area is 222 Å². The van der Waals surface area contributed by atoms with Crippen molar-refractivity contribution in [3.8, 4) is 0 Å². The van der Waals surface area contributed by atoms with Crippen LogP contribution in [0, 0.1) is 0 Å². The van der Waals surface area contributed by atoms with Crippen molar-refractivity contribution in [2.24, 2.45) is 0 Å². The number of fused-ring (bicyclic) bond motifs is 7. The number of thiophene rings is 2. The van der Waals surface area contributed by atoms with Crippen molar-refractivity contribution in [3.63, 3.8) is 0 Å². The van der Waals surface area contributed by atoms with Gasteiger partial charge in [-0.05, 0) is 81.6 Å². The zero-order valence-corrected chi connectivity index (χ0v) is 23.6. The summed E-state index contributed by atoms with van der Waals surface area (Å²) in [4.78, 5) is 0. The molecular formula is C34H36S2. The van der Waals surface area contributed by atoms with E-state index in [0.29, 0.717) is 11.8 Å². The maximum atomic E-state index is 2.44. The van der Waals surface area contributed by atoms with E-state index >= 15 is 0 Å². The van der Waals surface area contributed by atoms with Crippen molar-refractivity contribution < 1.29 is 0 Å². The standard InChI is InChI=1S/C34H36S2/c1-5-7-9-21(3)23-11-13-25-17-29-31(19-27(25)15-23)35-34-30-18-26-14-12-24(22(4)10-8-6-2)16-28(26)20-32(30)36-33(29)34/h11-22H,5-10H2,1-4H3. The summed E-state index contributed by atoms with van der Waals surface area (Å²) in [7, 11) is 0. The molecule has 0 nitrogen and oxygen atoms in total. The Morgan fingerprint density at radius 3 is 1.42 bits per heavy atom. The lowest BCUT2D eigenvalue weighted by molar-refractivity contribution is 0.625. The molecule has 2 aromatic heterocycles. The molecule has 0 aliphatic rings. The summed E-state index contributed by atoms with van der Waals surface area (Å²) in [5.74, 6) is 1.26. The van der Waals surface area contributed by atoms with Crippen LogP contribution in [0.5, 0.6) is 0 Å². The second kappa shape index (κ2) is 9.80. The molecule has 0 N–H and O–H groups in total. The van der Waals surface area contributed by atoms with Gasteiger partial charge in [0, 0.05) is 20.2 Å². The summed E-state index contributed by atoms with van der Waals surface area (Å²) in [5.41, 5.74) is 2.96. The third-order valence-corrected chi connectivity index (χ3v) is 10.7. The van der Waals surface area contributed by atoms with Gasteiger partial charge in [-0.1, -0.05) is 89.8 Å². The van der Waals surface area contributed by atoms with Crippen molar-refractivity contribution in [2.45, 2.75) is 78.1 Å². The SMILES string of the molecule is CCCCC(C)c1ccc2cc3c(cc2c1)sc1c2cc4ccc(C(C)CCCC)cc4cc2sc31. The van der Waals surface area contributed by atoms with Crippen LogP contribution in [0.2, 0.25) is 0 Å². The molecule has 36 heavy (non-hydrogen) atoms. The van der Waals surface area contributed by atoms with Crippen LogP contribution in [0.4, 0.5) is 0 Å². The number of unbranched alkanes of at least 4 members (excludes halogenated alkanes) is 2. The van der Waals surface area contributed by atoms with Gasteiger partial charge in [0.1, 0.15) is 0 Å². The Kier molecular flexibility index (Phi) is 6.52. The Morgan fingerprint density at radius 2 is 1.00 bits per heavy atom. The zero-order chi connectivity index (χ0) is 24.8. The average Bonchev–Trinajstić information content (AvgIpc) is 3.42. The van der Waals surface area contributed by atoms with Crippen LogP contribution in [0.3, 0.4) is 0 Å². The van der Waals surface area contributed by atoms with Gasteiger partial charge in [0.25, 0.3) is 0 Å². The van der Waals surface area contributed by atoms with Crippen LogP contribution in [-0.4, -0.2) is 0 Å². The van der Waals surface area contributed by atoms with Crippen LogP contribution in [0.1, 0.15) is 89.2 Å². The van der Waals surface area contributed by atoms with Crippen LogP contribution < -0.4 is 0 Å². The van der Waals surface area contributed by atoms with E-state index in [1.165, 1.54) is 101 Å². The second-order valence-electron chi connectivity index (χ2n) is 10.9. The fraction of sp³-hybridized carbons (Fsp3) is 0.353. The number of hydrogen-bond donors (Lipinski definition) is 0. The summed E-state index contributed by atoms with van der Waals surface area (Å²) >= 11 is 3.95. The van der Waals surface area contributed by atoms with Gasteiger partial charge in [-0.2, -0.15) is 0 Å². The second-order valence-corrected chi connectivity index (χ2v) is 13.0. The van der Waals surface area contributed by atoms with Crippen molar-refractivity contribution in [2.75, 3.05) is 0 Å². The minimum absolute atomic E-state index is 0.629. The summed E-state index contributed by atoms with van der Waals surface area (Å²) in [6, 6.07) is 24.0. The number of rotatable bonds is 8. The zero-order valence-electron chi connectivity index (χ0n) is 22.0. The van der Waals surface area contributed by atoms with Gasteiger partial charge in [-0.15, -0.1) is 22.7 Å². The molecule has 0 fully saturated rings. The quantitative estimate of drug-likeness (QED) is 0.192. The molecule has 0 spiro atoms. The molecule has 2 heteroatoms. The molecule has 184 valence electrons. The maximum absolute atomic E-state index is 2.44. The minimum Gasteiger partial charge on any atom is -0.134 e. The minimum atomic E-state index is 0.629. The first-order valence-corrected chi connectivity index (χ1v) is 15.4. The molecule has 0 aliphatic carbocycles. The van der Waals surface area contributed by atoms with Gasteiger partial charge in [0.05, 0.1) is 9.40 Å². The predicted octanol–water partition coefficient (Wildman–Crippen LogP) is 12.2. The number of hydrogen-bond acceptors (Lipinski definition) is 2. The third-order valence-electron chi connectivity index (χ3n) is 8.16. The maximum Gasteiger partial charge on any atom is 0.0542 e. The van der Waals surface area contributed by atoms with Crippen molar-refractivity contribution in [1.29, 1.82) is 0 Å². The fourth-order valence-corrected chi connectivity index (χ4v) is 8.44. The van der Waals surface area contributed by atoms with E-state index in [2.05, 4.69) is 88.4 Å². The first-order chi connectivity index (χ1) is 17.6. The Hall–Kier alpha value is -2.42. The predicted molar refractivity (Wildman–Crippen MR) is 166 cm³/mol. The van der Waals surface area contributed by atoms with Crippen LogP contribution >= 0.6 is 22.7 Å². The van der Waals surface area contributed by atoms with Gasteiger partial charge in [0.2, 0.25) is 0 Å². The lowest BCUT2D eigenvalue weighted by Crippen LogP contribution is -1.93. The topological polar surface area (TPSA) is 0 Å². The highest BCUT2D eigenvalue weighted by Crippen LogP contribution is 2.46. The lowest BCUT2D eigenvalue weighted by Gasteiger charge is -2.12. The summed E-state index contributed by atoms with van der Waals surface area (Å²) < 4.78 is 5.76. The van der Waals surface area contributed by atoms with Gasteiger partial charge >= 0.3 is 0 Å². The first kappa shape index (κ1) is 23.9. The normalized spacial score (nSPS) is 14.0. The molecule has 4 aromatic carbocycles. The summed E-state index contributed by atoms with van der Waals surface area (Å²) in [6.45, 7) is 9.32. The smallest absolute Gasteiger partial charge is 0.0542 e. The molecular weight excluding hydrogens is 473 g/mol. The van der Waals surface area contributed by atoms with E-state index in [1.807, 2.05) is 22.7 Å². The largest absolute Gasteiger partial charge is 0.134 e. The van der Waals surface area contributed by atoms with E-state index in [0.717, 1.165) is 0 Å². The fourth-order valence-electron chi connectivity index (χ4n) is 5.75. The Bertz CT molecular complexity index is 1570. The average molecular weight is 509 g/mol. The van der Waals surface area contributed by atoms with Gasteiger partial charge in [-0.25, -0.2) is 0 Å². The summed E-state index contributed by atoms with van der Waals surface area (Å²) in [5, 5.41) is 8.35. The molecule has 0 radical (unpaired) electrons. The highest BCUT2D eigenvalue weighted by atomic mass is 32.1. The van der Waals surface area contributed by atoms with Crippen LogP contribution in [0.25, 0.3) is 51.1 Å². The van der Waals surface area contributed by atoms with E-state index < -0.39 is 0 Å². The number of benzene rings is 4. The lowest BCUT2D eigenvalue weighted by atomic mass is 9.93. The monoisotopic (exact) mass is 508 g/mol. The highest BCUT2D eigenvalue weighted by Gasteiger charge is 2.15. The molecule has 0 amide bonds. The third kappa shape index (κ3) is 4.23. The van der Waals surface area contributed by atoms with Gasteiger partial charge in [-0.3, -0.25) is 0 Å². The van der Waals surface area contributed by atoms with Gasteiger partial charge in [0.15, 0.2) is 0 Å². The molecule has 6 aromatic rings. The molecule has 0 saturated carbocycles. The van der Waals surface area contributed by atoms with Crippen LogP contribution in [-0.2, 0) is 0 Å². The molecule has 2 heterocycles. The van der Waals surface area contributed by atoms with Gasteiger partial charge < -0.3 is 0 Å². The summed E-state index contributed by atoms with van der Waals surface area (Å²) in [6.07, 6.45) is 7.71. The van der Waals surface area contributed by atoms with Crippen molar-refractivity contribution in [3.05, 3.63) is 71.8 Å². The molecule has 2 atom stereocenters. The Balaban J connectivity index is 1.43. The van der Waals surface area contributed by atoms with E-state index in [1.54, 1.807) is 0 Å². The highest BCUT2D eigenvalue weighted by molar-refractivity contribution is 7.36. The Morgan fingerprint density at radius 1 is 0.556 bits per heavy atom. The first-order valence-electron chi connectivity index (χ1n) is 13.8. The van der Waals surface area contributed by atoms with E-state index in [9.17, 15) is 0 Å². The molecule has 0 bridgehead atoms. The van der Waals surface area contributed by atoms with E-state index in [4.69, 9.17) is 0 Å². The van der Waals surface area contributed by atoms with Crippen molar-refractivity contribution in [1.82, 2.24) is 0 Å².